The van der Waals surface area contributed by atoms with Gasteiger partial charge in [-0.25, -0.2) is 4.99 Å². The van der Waals surface area contributed by atoms with E-state index < -0.39 is 11.7 Å². The SMILES string of the molecule is FC(F)(F)c1cccc(N2CCC(N=Cc3ccc[nH]3)=N2)c1. The minimum atomic E-state index is -4.35. The normalized spacial score (nSPS) is 15.6. The molecule has 0 atom stereocenters. The zero-order chi connectivity index (χ0) is 15.6. The van der Waals surface area contributed by atoms with Crippen LogP contribution >= 0.6 is 0 Å². The van der Waals surface area contributed by atoms with Crippen LogP contribution in [0, 0.1) is 0 Å². The van der Waals surface area contributed by atoms with Crippen molar-refractivity contribution in [3.63, 3.8) is 0 Å². The summed E-state index contributed by atoms with van der Waals surface area (Å²) in [6.07, 6.45) is -0.331. The van der Waals surface area contributed by atoms with Crippen molar-refractivity contribution in [1.82, 2.24) is 4.98 Å². The van der Waals surface area contributed by atoms with E-state index in [1.165, 1.54) is 11.1 Å². The molecule has 1 N–H and O–H groups in total. The van der Waals surface area contributed by atoms with E-state index in [0.717, 1.165) is 17.8 Å². The molecule has 1 aliphatic heterocycles. The topological polar surface area (TPSA) is 43.8 Å². The maximum Gasteiger partial charge on any atom is 0.416 e. The molecule has 22 heavy (non-hydrogen) atoms. The lowest BCUT2D eigenvalue weighted by atomic mass is 10.2. The highest BCUT2D eigenvalue weighted by Gasteiger charge is 2.31. The number of aliphatic imine (C=N–C) groups is 1. The Morgan fingerprint density at radius 1 is 1.23 bits per heavy atom. The summed E-state index contributed by atoms with van der Waals surface area (Å²) in [5.41, 5.74) is 0.587. The van der Waals surface area contributed by atoms with Crippen LogP contribution in [0.4, 0.5) is 18.9 Å². The lowest BCUT2D eigenvalue weighted by molar-refractivity contribution is -0.137. The van der Waals surface area contributed by atoms with Gasteiger partial charge in [-0.15, -0.1) is 0 Å². The minimum Gasteiger partial charge on any atom is -0.360 e. The summed E-state index contributed by atoms with van der Waals surface area (Å²) >= 11 is 0. The van der Waals surface area contributed by atoms with E-state index in [1.54, 1.807) is 18.5 Å². The molecule has 7 heteroatoms. The summed E-state index contributed by atoms with van der Waals surface area (Å²) < 4.78 is 38.2. The number of aromatic nitrogens is 1. The van der Waals surface area contributed by atoms with Crippen molar-refractivity contribution in [2.24, 2.45) is 10.1 Å². The molecule has 0 saturated heterocycles. The molecule has 0 saturated carbocycles. The van der Waals surface area contributed by atoms with E-state index >= 15 is 0 Å². The number of nitrogens with one attached hydrogen (secondary N) is 1. The van der Waals surface area contributed by atoms with Crippen LogP contribution in [0.2, 0.25) is 0 Å². The lowest BCUT2D eigenvalue weighted by Crippen LogP contribution is -2.13. The third-order valence-electron chi connectivity index (χ3n) is 3.23. The largest absolute Gasteiger partial charge is 0.416 e. The number of benzene rings is 1. The Bertz CT molecular complexity index is 702. The third-order valence-corrected chi connectivity index (χ3v) is 3.23. The fourth-order valence-electron chi connectivity index (χ4n) is 2.13. The Labute approximate surface area is 125 Å². The monoisotopic (exact) mass is 306 g/mol. The number of H-pyrrole nitrogens is 1. The summed E-state index contributed by atoms with van der Waals surface area (Å²) in [6, 6.07) is 8.86. The van der Waals surface area contributed by atoms with Gasteiger partial charge in [0.1, 0.15) is 0 Å². The van der Waals surface area contributed by atoms with Gasteiger partial charge in [0.05, 0.1) is 23.2 Å². The molecule has 3 rings (SSSR count). The smallest absolute Gasteiger partial charge is 0.360 e. The van der Waals surface area contributed by atoms with Crippen LogP contribution in [-0.4, -0.2) is 23.6 Å². The van der Waals surface area contributed by atoms with E-state index in [0.29, 0.717) is 24.5 Å². The van der Waals surface area contributed by atoms with Crippen LogP contribution in [0.3, 0.4) is 0 Å². The maximum atomic E-state index is 12.7. The number of anilines is 1. The summed E-state index contributed by atoms with van der Waals surface area (Å²) in [5, 5.41) is 5.79. The Hall–Kier alpha value is -2.57. The van der Waals surface area contributed by atoms with E-state index in [-0.39, 0.29) is 0 Å². The number of hydrogen-bond donors (Lipinski definition) is 1. The van der Waals surface area contributed by atoms with Gasteiger partial charge in [-0.05, 0) is 30.3 Å². The highest BCUT2D eigenvalue weighted by atomic mass is 19.4. The molecule has 0 amide bonds. The van der Waals surface area contributed by atoms with Crippen LogP contribution in [0.1, 0.15) is 17.7 Å². The van der Waals surface area contributed by atoms with Gasteiger partial charge in [0.15, 0.2) is 5.84 Å². The molecule has 1 aromatic carbocycles. The van der Waals surface area contributed by atoms with Crippen molar-refractivity contribution in [2.75, 3.05) is 11.6 Å². The fourth-order valence-corrected chi connectivity index (χ4v) is 2.13. The molecule has 0 fully saturated rings. The van der Waals surface area contributed by atoms with Crippen molar-refractivity contribution in [1.29, 1.82) is 0 Å². The summed E-state index contributed by atoms with van der Waals surface area (Å²) in [7, 11) is 0. The van der Waals surface area contributed by atoms with Crippen molar-refractivity contribution in [3.8, 4) is 0 Å². The highest BCUT2D eigenvalue weighted by molar-refractivity contribution is 5.95. The standard InChI is InChI=1S/C15H13F3N4/c16-15(17,18)11-3-1-5-13(9-11)22-8-6-14(21-22)20-10-12-4-2-7-19-12/h1-5,7,9-10,19H,6,8H2. The molecule has 1 aromatic heterocycles. The summed E-state index contributed by atoms with van der Waals surface area (Å²) in [5.74, 6) is 0.590. The number of halogens is 3. The van der Waals surface area contributed by atoms with E-state index in [9.17, 15) is 13.2 Å². The molecule has 2 aromatic rings. The molecule has 114 valence electrons. The molecular weight excluding hydrogens is 293 g/mol. The van der Waals surface area contributed by atoms with E-state index in [1.807, 2.05) is 12.1 Å². The molecule has 4 nitrogen and oxygen atoms in total. The van der Waals surface area contributed by atoms with Gasteiger partial charge < -0.3 is 4.98 Å². The van der Waals surface area contributed by atoms with Crippen LogP contribution in [-0.2, 0) is 6.18 Å². The molecule has 0 unspecified atom stereocenters. The third kappa shape index (κ3) is 3.19. The van der Waals surface area contributed by atoms with Gasteiger partial charge >= 0.3 is 6.18 Å². The van der Waals surface area contributed by atoms with Gasteiger partial charge in [-0.2, -0.15) is 18.3 Å². The summed E-state index contributed by atoms with van der Waals surface area (Å²) in [6.45, 7) is 0.513. The molecule has 1 aliphatic rings. The fraction of sp³-hybridized carbons (Fsp3) is 0.200. The van der Waals surface area contributed by atoms with Gasteiger partial charge in [0, 0.05) is 19.2 Å². The predicted octanol–water partition coefficient (Wildman–Crippen LogP) is 3.68. The zero-order valence-corrected chi connectivity index (χ0v) is 11.5. The predicted molar refractivity (Wildman–Crippen MR) is 79.2 cm³/mol. The Balaban J connectivity index is 1.77. The van der Waals surface area contributed by atoms with Gasteiger partial charge in [0.2, 0.25) is 0 Å². The Morgan fingerprint density at radius 3 is 2.82 bits per heavy atom. The van der Waals surface area contributed by atoms with Crippen molar-refractivity contribution in [2.45, 2.75) is 12.6 Å². The molecule has 0 aliphatic carbocycles. The second-order valence-corrected chi connectivity index (χ2v) is 4.82. The zero-order valence-electron chi connectivity index (χ0n) is 11.5. The second-order valence-electron chi connectivity index (χ2n) is 4.82. The number of hydrogen-bond acceptors (Lipinski definition) is 3. The van der Waals surface area contributed by atoms with E-state index in [2.05, 4.69) is 15.1 Å². The first-order valence-corrected chi connectivity index (χ1v) is 6.72. The highest BCUT2D eigenvalue weighted by Crippen LogP contribution is 2.32. The molecule has 2 heterocycles. The first kappa shape index (κ1) is 14.4. The average Bonchev–Trinajstić information content (AvgIpc) is 3.16. The molecule has 0 radical (unpaired) electrons. The van der Waals surface area contributed by atoms with Crippen LogP contribution in [0.5, 0.6) is 0 Å². The average molecular weight is 306 g/mol. The first-order valence-electron chi connectivity index (χ1n) is 6.72. The van der Waals surface area contributed by atoms with Gasteiger partial charge in [0.25, 0.3) is 0 Å². The number of amidine groups is 1. The van der Waals surface area contributed by atoms with Crippen molar-refractivity contribution in [3.05, 3.63) is 53.9 Å². The maximum absolute atomic E-state index is 12.7. The van der Waals surface area contributed by atoms with Gasteiger partial charge in [-0.1, -0.05) is 6.07 Å². The number of hydrazone groups is 1. The number of rotatable bonds is 2. The number of alkyl halides is 3. The van der Waals surface area contributed by atoms with Crippen molar-refractivity contribution >= 4 is 17.7 Å². The van der Waals surface area contributed by atoms with Crippen molar-refractivity contribution < 1.29 is 13.2 Å². The minimum absolute atomic E-state index is 0.417. The second kappa shape index (κ2) is 5.67. The molecule has 0 bridgehead atoms. The quantitative estimate of drug-likeness (QED) is 0.845. The van der Waals surface area contributed by atoms with E-state index in [4.69, 9.17) is 0 Å². The number of aromatic amines is 1. The lowest BCUT2D eigenvalue weighted by Gasteiger charge is -2.15. The van der Waals surface area contributed by atoms with Crippen LogP contribution < -0.4 is 5.01 Å². The summed E-state index contributed by atoms with van der Waals surface area (Å²) in [4.78, 5) is 7.23. The first-order chi connectivity index (χ1) is 10.5. The Morgan fingerprint density at radius 2 is 2.09 bits per heavy atom. The Kier molecular flexibility index (Phi) is 3.70. The molecular formula is C15H13F3N4. The number of nitrogens with zero attached hydrogens (tertiary/aromatic N) is 3. The van der Waals surface area contributed by atoms with Gasteiger partial charge in [-0.3, -0.25) is 5.01 Å². The van der Waals surface area contributed by atoms with Crippen LogP contribution in [0.25, 0.3) is 0 Å². The molecule has 0 spiro atoms. The van der Waals surface area contributed by atoms with Crippen LogP contribution in [0.15, 0.2) is 52.7 Å².